The molecule has 0 aliphatic rings. The Labute approximate surface area is 113 Å². The van der Waals surface area contributed by atoms with Gasteiger partial charge in [0, 0.05) is 19.2 Å². The molecule has 0 unspecified atom stereocenters. The molecule has 6 heteroatoms. The quantitative estimate of drug-likeness (QED) is 0.836. The Morgan fingerprint density at radius 1 is 1.26 bits per heavy atom. The van der Waals surface area contributed by atoms with Gasteiger partial charge >= 0.3 is 5.97 Å². The zero-order valence-electron chi connectivity index (χ0n) is 11.1. The first-order chi connectivity index (χ1) is 8.75. The van der Waals surface area contributed by atoms with Crippen LogP contribution in [0.15, 0.2) is 35.2 Å². The number of aliphatic carboxylic acids is 1. The van der Waals surface area contributed by atoms with Gasteiger partial charge in [0.1, 0.15) is 0 Å². The molecule has 0 heterocycles. The lowest BCUT2D eigenvalue weighted by Gasteiger charge is -2.20. The van der Waals surface area contributed by atoms with Gasteiger partial charge in [0.05, 0.1) is 4.90 Å². The van der Waals surface area contributed by atoms with Crippen molar-refractivity contribution in [2.24, 2.45) is 0 Å². The van der Waals surface area contributed by atoms with E-state index >= 15 is 0 Å². The standard InChI is InChI=1S/C13H17NO4S/c1-10(2)14(3)19(17,18)12-7-4-11(5-8-12)6-9-13(15)16/h4-10H,1-3H3,(H,15,16). The number of carboxylic acids is 1. The molecule has 0 aliphatic carbocycles. The summed E-state index contributed by atoms with van der Waals surface area (Å²) in [5.74, 6) is -1.05. The number of hydrogen-bond acceptors (Lipinski definition) is 3. The third kappa shape index (κ3) is 3.90. The van der Waals surface area contributed by atoms with Crippen LogP contribution in [-0.2, 0) is 14.8 Å². The summed E-state index contributed by atoms with van der Waals surface area (Å²) in [6, 6.07) is 5.95. The summed E-state index contributed by atoms with van der Waals surface area (Å²) >= 11 is 0. The van der Waals surface area contributed by atoms with E-state index in [-0.39, 0.29) is 10.9 Å². The second kappa shape index (κ2) is 5.99. The van der Waals surface area contributed by atoms with Crippen molar-refractivity contribution in [3.63, 3.8) is 0 Å². The lowest BCUT2D eigenvalue weighted by atomic mass is 10.2. The molecule has 0 spiro atoms. The molecule has 1 aromatic rings. The van der Waals surface area contributed by atoms with E-state index in [0.717, 1.165) is 6.08 Å². The van der Waals surface area contributed by atoms with Gasteiger partial charge in [0.15, 0.2) is 0 Å². The molecule has 19 heavy (non-hydrogen) atoms. The number of nitrogens with zero attached hydrogens (tertiary/aromatic N) is 1. The molecule has 1 rings (SSSR count). The van der Waals surface area contributed by atoms with Gasteiger partial charge in [-0.2, -0.15) is 4.31 Å². The van der Waals surface area contributed by atoms with E-state index in [2.05, 4.69) is 0 Å². The van der Waals surface area contributed by atoms with Crippen LogP contribution in [0.2, 0.25) is 0 Å². The van der Waals surface area contributed by atoms with E-state index in [1.54, 1.807) is 26.0 Å². The van der Waals surface area contributed by atoms with E-state index in [1.807, 2.05) is 0 Å². The summed E-state index contributed by atoms with van der Waals surface area (Å²) in [6.45, 7) is 3.59. The van der Waals surface area contributed by atoms with Gasteiger partial charge in [-0.3, -0.25) is 0 Å². The highest BCUT2D eigenvalue weighted by molar-refractivity contribution is 7.89. The number of carbonyl (C=O) groups is 1. The van der Waals surface area contributed by atoms with Crippen LogP contribution in [0.25, 0.3) is 6.08 Å². The second-order valence-corrected chi connectivity index (χ2v) is 6.35. The number of sulfonamides is 1. The summed E-state index contributed by atoms with van der Waals surface area (Å²) in [5.41, 5.74) is 0.633. The van der Waals surface area contributed by atoms with Crippen LogP contribution in [0.5, 0.6) is 0 Å². The third-order valence-corrected chi connectivity index (χ3v) is 4.75. The first kappa shape index (κ1) is 15.4. The number of hydrogen-bond donors (Lipinski definition) is 1. The van der Waals surface area contributed by atoms with Crippen molar-refractivity contribution in [2.45, 2.75) is 24.8 Å². The van der Waals surface area contributed by atoms with Gasteiger partial charge in [0.2, 0.25) is 10.0 Å². The maximum absolute atomic E-state index is 12.2. The summed E-state index contributed by atoms with van der Waals surface area (Å²) in [6.07, 6.45) is 2.41. The van der Waals surface area contributed by atoms with Crippen molar-refractivity contribution in [1.82, 2.24) is 4.31 Å². The Bertz CT molecular complexity index is 573. The Kier molecular flexibility index (Phi) is 4.85. The van der Waals surface area contributed by atoms with Crippen LogP contribution in [0, 0.1) is 0 Å². The summed E-state index contributed by atoms with van der Waals surface area (Å²) in [7, 11) is -1.97. The minimum atomic E-state index is -3.49. The van der Waals surface area contributed by atoms with Gasteiger partial charge in [-0.05, 0) is 37.6 Å². The Morgan fingerprint density at radius 3 is 2.21 bits per heavy atom. The van der Waals surface area contributed by atoms with Gasteiger partial charge in [-0.25, -0.2) is 13.2 Å². The minimum Gasteiger partial charge on any atom is -0.478 e. The smallest absolute Gasteiger partial charge is 0.328 e. The van der Waals surface area contributed by atoms with Crippen molar-refractivity contribution in [2.75, 3.05) is 7.05 Å². The first-order valence-electron chi connectivity index (χ1n) is 5.74. The molecule has 1 aromatic carbocycles. The van der Waals surface area contributed by atoms with Crippen LogP contribution < -0.4 is 0 Å². The highest BCUT2D eigenvalue weighted by atomic mass is 32.2. The van der Waals surface area contributed by atoms with Crippen LogP contribution in [-0.4, -0.2) is 36.9 Å². The van der Waals surface area contributed by atoms with E-state index in [9.17, 15) is 13.2 Å². The molecule has 0 saturated heterocycles. The molecule has 1 N–H and O–H groups in total. The van der Waals surface area contributed by atoms with E-state index in [4.69, 9.17) is 5.11 Å². The lowest BCUT2D eigenvalue weighted by molar-refractivity contribution is -0.131. The largest absolute Gasteiger partial charge is 0.478 e. The predicted molar refractivity (Wildman–Crippen MR) is 73.2 cm³/mol. The van der Waals surface area contributed by atoms with Crippen LogP contribution in [0.3, 0.4) is 0 Å². The fraction of sp³-hybridized carbons (Fsp3) is 0.308. The van der Waals surface area contributed by atoms with Gasteiger partial charge < -0.3 is 5.11 Å². The van der Waals surface area contributed by atoms with Crippen LogP contribution in [0.4, 0.5) is 0 Å². The Balaban J connectivity index is 3.02. The molecule has 0 radical (unpaired) electrons. The molecule has 0 bridgehead atoms. The molecule has 0 aromatic heterocycles. The van der Waals surface area contributed by atoms with E-state index in [1.165, 1.54) is 29.6 Å². The highest BCUT2D eigenvalue weighted by Gasteiger charge is 2.22. The van der Waals surface area contributed by atoms with Crippen molar-refractivity contribution < 1.29 is 18.3 Å². The van der Waals surface area contributed by atoms with E-state index < -0.39 is 16.0 Å². The maximum atomic E-state index is 12.2. The average Bonchev–Trinajstić information content (AvgIpc) is 2.35. The van der Waals surface area contributed by atoms with Crippen LogP contribution >= 0.6 is 0 Å². The first-order valence-corrected chi connectivity index (χ1v) is 7.18. The second-order valence-electron chi connectivity index (χ2n) is 4.36. The molecular weight excluding hydrogens is 266 g/mol. The van der Waals surface area contributed by atoms with Crippen molar-refractivity contribution >= 4 is 22.1 Å². The number of carboxylic acid groups (broad SMARTS) is 1. The normalized spacial score (nSPS) is 12.5. The molecule has 0 amide bonds. The van der Waals surface area contributed by atoms with Crippen molar-refractivity contribution in [3.8, 4) is 0 Å². The fourth-order valence-corrected chi connectivity index (χ4v) is 2.73. The van der Waals surface area contributed by atoms with Crippen LogP contribution in [0.1, 0.15) is 19.4 Å². The molecule has 0 atom stereocenters. The SMILES string of the molecule is CC(C)N(C)S(=O)(=O)c1ccc(C=CC(=O)O)cc1. The zero-order chi connectivity index (χ0) is 14.6. The molecule has 0 aliphatic heterocycles. The summed E-state index contributed by atoms with van der Waals surface area (Å²) < 4.78 is 25.6. The predicted octanol–water partition coefficient (Wildman–Crippen LogP) is 1.81. The Hall–Kier alpha value is -1.66. The number of benzene rings is 1. The maximum Gasteiger partial charge on any atom is 0.328 e. The molecule has 104 valence electrons. The highest BCUT2D eigenvalue weighted by Crippen LogP contribution is 2.17. The van der Waals surface area contributed by atoms with Gasteiger partial charge in [0.25, 0.3) is 0 Å². The summed E-state index contributed by atoms with van der Waals surface area (Å²) in [4.78, 5) is 10.6. The Morgan fingerprint density at radius 2 is 1.79 bits per heavy atom. The molecule has 0 saturated carbocycles. The monoisotopic (exact) mass is 283 g/mol. The molecule has 0 fully saturated rings. The number of rotatable bonds is 5. The third-order valence-electron chi connectivity index (χ3n) is 2.70. The van der Waals surface area contributed by atoms with Crippen molar-refractivity contribution in [1.29, 1.82) is 0 Å². The lowest BCUT2D eigenvalue weighted by Crippen LogP contribution is -2.32. The topological polar surface area (TPSA) is 74.7 Å². The van der Waals surface area contributed by atoms with Gasteiger partial charge in [-0.1, -0.05) is 12.1 Å². The van der Waals surface area contributed by atoms with E-state index in [0.29, 0.717) is 5.56 Å². The fourth-order valence-electron chi connectivity index (χ4n) is 1.36. The zero-order valence-corrected chi connectivity index (χ0v) is 11.9. The van der Waals surface area contributed by atoms with Gasteiger partial charge in [-0.15, -0.1) is 0 Å². The minimum absolute atomic E-state index is 0.128. The summed E-state index contributed by atoms with van der Waals surface area (Å²) in [5, 5.41) is 8.50. The van der Waals surface area contributed by atoms with Crippen molar-refractivity contribution in [3.05, 3.63) is 35.9 Å². The molecule has 5 nitrogen and oxygen atoms in total. The average molecular weight is 283 g/mol. The molecular formula is C13H17NO4S.